The van der Waals surface area contributed by atoms with E-state index in [9.17, 15) is 9.18 Å². The summed E-state index contributed by atoms with van der Waals surface area (Å²) >= 11 is 0. The predicted octanol–water partition coefficient (Wildman–Crippen LogP) is 3.81. The van der Waals surface area contributed by atoms with Crippen LogP contribution < -0.4 is 0 Å². The highest BCUT2D eigenvalue weighted by Crippen LogP contribution is 2.23. The Hall–Kier alpha value is -2.11. The second-order valence-electron chi connectivity index (χ2n) is 4.80. The van der Waals surface area contributed by atoms with Crippen LogP contribution in [0.15, 0.2) is 24.4 Å². The highest BCUT2D eigenvalue weighted by atomic mass is 19.1. The van der Waals surface area contributed by atoms with Gasteiger partial charge in [0.25, 0.3) is 0 Å². The Labute approximate surface area is 168 Å². The molecule has 1 aliphatic heterocycles. The second kappa shape index (κ2) is 6.42. The van der Waals surface area contributed by atoms with E-state index in [4.69, 9.17) is 30.8 Å². The lowest BCUT2D eigenvalue weighted by molar-refractivity contribution is 0.00986. The number of imidazole rings is 1. The quantitative estimate of drug-likeness (QED) is 0.826. The van der Waals surface area contributed by atoms with Gasteiger partial charge in [0.1, 0.15) is 5.60 Å². The molecule has 1 fully saturated rings. The number of nitrogens with zero attached hydrogens (tertiary/aromatic N) is 3. The molecule has 0 saturated carbocycles. The van der Waals surface area contributed by atoms with Crippen LogP contribution in [-0.4, -0.2) is 38.5 Å². The molecular formula is C18H24FN3O2. The summed E-state index contributed by atoms with van der Waals surface area (Å²) in [5, 5.41) is 0. The van der Waals surface area contributed by atoms with E-state index in [1.807, 2.05) is 0 Å². The molecule has 1 aliphatic rings. The molecule has 0 N–H and O–H groups in total. The summed E-state index contributed by atoms with van der Waals surface area (Å²) in [6.45, 7) is -8.14. The van der Waals surface area contributed by atoms with Crippen LogP contribution in [0.1, 0.15) is 71.5 Å². The van der Waals surface area contributed by atoms with Crippen molar-refractivity contribution in [2.45, 2.75) is 57.8 Å². The fourth-order valence-corrected chi connectivity index (χ4v) is 1.68. The minimum Gasteiger partial charge on any atom is -0.444 e. The van der Waals surface area contributed by atoms with Crippen molar-refractivity contribution >= 4 is 11.7 Å². The lowest BCUT2D eigenvalue weighted by atomic mass is 9.98. The van der Waals surface area contributed by atoms with Gasteiger partial charge in [-0.3, -0.25) is 0 Å². The van der Waals surface area contributed by atoms with Crippen molar-refractivity contribution in [3.63, 3.8) is 0 Å². The number of ether oxygens (including phenoxy) is 1. The Morgan fingerprint density at radius 3 is 3.42 bits per heavy atom. The molecule has 2 atom stereocenters. The van der Waals surface area contributed by atoms with Crippen molar-refractivity contribution in [1.29, 1.82) is 0 Å². The molecule has 0 bridgehead atoms. The molecule has 3 rings (SSSR count). The second-order valence-corrected chi connectivity index (χ2v) is 4.80. The van der Waals surface area contributed by atoms with Crippen LogP contribution in [0.5, 0.6) is 0 Å². The summed E-state index contributed by atoms with van der Waals surface area (Å²) in [6.07, 6.45) is -21.6. The van der Waals surface area contributed by atoms with E-state index < -0.39 is 110 Å². The van der Waals surface area contributed by atoms with Gasteiger partial charge in [0.05, 0.1) is 12.5 Å². The van der Waals surface area contributed by atoms with Crippen molar-refractivity contribution in [2.24, 2.45) is 0 Å². The maximum atomic E-state index is 14.9. The zero-order chi connectivity index (χ0) is 33.9. The first kappa shape index (κ1) is 5.19. The summed E-state index contributed by atoms with van der Waals surface area (Å²) in [5.41, 5.74) is -5.49. The largest absolute Gasteiger partial charge is 0.444 e. The van der Waals surface area contributed by atoms with E-state index >= 15 is 0 Å². The van der Waals surface area contributed by atoms with E-state index in [-0.39, 0.29) is 4.40 Å². The minimum absolute atomic E-state index is 0.182. The topological polar surface area (TPSA) is 46.8 Å². The summed E-state index contributed by atoms with van der Waals surface area (Å²) in [4.78, 5) is 16.2. The first-order valence-electron chi connectivity index (χ1n) is 16.2. The maximum Gasteiger partial charge on any atom is 0.410 e. The van der Waals surface area contributed by atoms with Gasteiger partial charge in [-0.05, 0) is 51.9 Å². The number of fused-ring (bicyclic) bond motifs is 1. The lowest BCUT2D eigenvalue weighted by Crippen LogP contribution is -2.47. The van der Waals surface area contributed by atoms with Gasteiger partial charge >= 0.3 is 6.09 Å². The summed E-state index contributed by atoms with van der Waals surface area (Å²) in [5.74, 6) is -1.66. The van der Waals surface area contributed by atoms with Crippen LogP contribution in [0.2, 0.25) is 0 Å². The number of carbonyl (C=O) groups is 1. The molecule has 0 spiro atoms. The number of aromatic nitrogens is 2. The van der Waals surface area contributed by atoms with E-state index in [2.05, 4.69) is 4.98 Å². The SMILES string of the molecule is [2H]CC(C)(OC(=O)N1C([2H])([2H])C([2H])([2H])C([2H])([2H])C([2H])([2H])[C@@]1([2H])C([2H])([2H])c1nc2c(F)c([2H])c([2H])c([2H])n2c1[2H])C([2H])([2H])[2H]. The number of halogens is 1. The molecule has 2 aromatic rings. The monoisotopic (exact) mass is 352 g/mol. The summed E-state index contributed by atoms with van der Waals surface area (Å²) in [6, 6.07) is -6.72. The Morgan fingerprint density at radius 1 is 1.75 bits per heavy atom. The molecule has 6 heteroatoms. The first-order chi connectivity index (χ1) is 19.0. The van der Waals surface area contributed by atoms with Crippen molar-refractivity contribution in [3.8, 4) is 0 Å². The Balaban J connectivity index is 2.50. The Kier molecular flexibility index (Phi) is 1.39. The van der Waals surface area contributed by atoms with Crippen molar-refractivity contribution in [3.05, 3.63) is 35.9 Å². The van der Waals surface area contributed by atoms with Gasteiger partial charge in [-0.2, -0.15) is 0 Å². The van der Waals surface area contributed by atoms with E-state index in [1.54, 1.807) is 0 Å². The molecule has 0 radical (unpaired) electrons. The average molecular weight is 353 g/mol. The molecule has 1 amide bonds. The molecule has 0 aliphatic carbocycles. The molecular weight excluding hydrogens is 309 g/mol. The van der Waals surface area contributed by atoms with Gasteiger partial charge in [0.15, 0.2) is 11.5 Å². The minimum atomic E-state index is -4.41. The van der Waals surface area contributed by atoms with Crippen LogP contribution in [0.3, 0.4) is 0 Å². The van der Waals surface area contributed by atoms with Gasteiger partial charge in [0, 0.05) is 50.4 Å². The number of hydrogen-bond donors (Lipinski definition) is 0. The smallest absolute Gasteiger partial charge is 0.410 e. The zero-order valence-corrected chi connectivity index (χ0v) is 12.2. The number of likely N-dealkylation sites (tertiary alicyclic amines) is 1. The van der Waals surface area contributed by atoms with Gasteiger partial charge in [-0.25, -0.2) is 14.2 Å². The fourth-order valence-electron chi connectivity index (χ4n) is 1.68. The first-order valence-corrected chi connectivity index (χ1v) is 6.44. The Morgan fingerprint density at radius 2 is 2.62 bits per heavy atom. The van der Waals surface area contributed by atoms with Gasteiger partial charge in [-0.15, -0.1) is 0 Å². The van der Waals surface area contributed by atoms with Gasteiger partial charge < -0.3 is 14.0 Å². The van der Waals surface area contributed by atoms with Crippen LogP contribution in [0, 0.1) is 5.82 Å². The Bertz CT molecular complexity index is 1490. The number of pyridine rings is 1. The predicted molar refractivity (Wildman–Crippen MR) is 89.4 cm³/mol. The molecule has 1 saturated heterocycles. The third-order valence-corrected chi connectivity index (χ3v) is 2.55. The molecule has 24 heavy (non-hydrogen) atoms. The number of amides is 1. The van der Waals surface area contributed by atoms with E-state index in [0.717, 1.165) is 0 Å². The average Bonchev–Trinajstić information content (AvgIpc) is 3.21. The summed E-state index contributed by atoms with van der Waals surface area (Å²) in [7, 11) is 0. The van der Waals surface area contributed by atoms with Crippen LogP contribution >= 0.6 is 0 Å². The maximum absolute atomic E-state index is 14.9. The normalized spacial score (nSPS) is 44.9. The number of piperidine rings is 1. The summed E-state index contributed by atoms with van der Waals surface area (Å²) < 4.78 is 175. The third-order valence-electron chi connectivity index (χ3n) is 2.55. The standard InChI is InChI=1S/C18H24FN3O2/c1-18(2,3)24-17(23)22-10-5-4-7-14(22)11-13-12-21-9-6-8-15(19)16(21)20-13/h6,8-9,12,14H,4-5,7,10-11H2,1-3H3/t14-/m0/s1/i1D,2D3,4D2,5D2,6D,7D2,8D,9D,10D2,11D2,12D,14D/t14-,18?. The van der Waals surface area contributed by atoms with Crippen molar-refractivity contribution < 1.29 is 40.0 Å². The van der Waals surface area contributed by atoms with E-state index in [0.29, 0.717) is 6.92 Å². The number of rotatable bonds is 2. The molecule has 0 aromatic carbocycles. The zero-order valence-electron chi connectivity index (χ0n) is 31.2. The van der Waals surface area contributed by atoms with Crippen molar-refractivity contribution in [2.75, 3.05) is 6.50 Å². The van der Waals surface area contributed by atoms with E-state index in [1.165, 1.54) is 0 Å². The van der Waals surface area contributed by atoms with Crippen LogP contribution in [0.4, 0.5) is 9.18 Å². The van der Waals surface area contributed by atoms with Crippen LogP contribution in [-0.2, 0) is 11.1 Å². The highest BCUT2D eigenvalue weighted by molar-refractivity contribution is 5.68. The molecule has 3 heterocycles. The lowest BCUT2D eigenvalue weighted by Gasteiger charge is -2.36. The fraction of sp³-hybridized carbons (Fsp3) is 0.556. The number of carbonyl (C=O) groups excluding carboxylic acids is 1. The van der Waals surface area contributed by atoms with Gasteiger partial charge in [-0.1, -0.05) is 0 Å². The molecule has 130 valence electrons. The highest BCUT2D eigenvalue weighted by Gasteiger charge is 2.31. The van der Waals surface area contributed by atoms with Crippen molar-refractivity contribution in [1.82, 2.24) is 14.3 Å². The molecule has 5 nitrogen and oxygen atoms in total. The number of hydrogen-bond acceptors (Lipinski definition) is 3. The van der Waals surface area contributed by atoms with Crippen LogP contribution in [0.25, 0.3) is 5.65 Å². The van der Waals surface area contributed by atoms with Gasteiger partial charge in [0.2, 0.25) is 0 Å². The molecule has 2 aromatic heterocycles. The third kappa shape index (κ3) is 3.68. The molecule has 1 unspecified atom stereocenters.